The molecule has 0 aromatic carbocycles. The Morgan fingerprint density at radius 1 is 1.05 bits per heavy atom. The molecule has 0 radical (unpaired) electrons. The lowest BCUT2D eigenvalue weighted by Gasteiger charge is -2.30. The summed E-state index contributed by atoms with van der Waals surface area (Å²) in [5, 5.41) is 2.65. The predicted octanol–water partition coefficient (Wildman–Crippen LogP) is 4.28. The number of unbranched alkanes of at least 4 members (excludes halogenated alkanes) is 4. The fourth-order valence-corrected chi connectivity index (χ4v) is 2.27. The smallest absolute Gasteiger partial charge is 0.406 e. The average molecular weight is 287 g/mol. The Bertz CT molecular complexity index is 246. The minimum Gasteiger partial charge on any atom is -0.453 e. The lowest BCUT2D eigenvalue weighted by Crippen LogP contribution is -2.34. The zero-order valence-electron chi connectivity index (χ0n) is 13.8. The molecule has 0 aliphatic carbocycles. The molecule has 0 spiro atoms. The molecule has 0 aromatic rings. The third-order valence-electron chi connectivity index (χ3n) is 3.63. The van der Waals surface area contributed by atoms with Gasteiger partial charge in [-0.3, -0.25) is 0 Å². The van der Waals surface area contributed by atoms with Crippen LogP contribution in [-0.2, 0) is 9.47 Å². The highest BCUT2D eigenvalue weighted by Gasteiger charge is 2.23. The quantitative estimate of drug-likeness (QED) is 0.545. The van der Waals surface area contributed by atoms with Crippen LogP contribution in [-0.4, -0.2) is 32.0 Å². The van der Waals surface area contributed by atoms with E-state index in [1.165, 1.54) is 45.6 Å². The van der Waals surface area contributed by atoms with Gasteiger partial charge in [0.05, 0.1) is 19.3 Å². The molecule has 0 aromatic heterocycles. The summed E-state index contributed by atoms with van der Waals surface area (Å²) in [5.74, 6) is 0. The van der Waals surface area contributed by atoms with Crippen molar-refractivity contribution in [1.29, 1.82) is 0 Å². The van der Waals surface area contributed by atoms with Crippen LogP contribution in [0, 0.1) is 0 Å². The van der Waals surface area contributed by atoms with Crippen molar-refractivity contribution in [1.82, 2.24) is 5.32 Å². The van der Waals surface area contributed by atoms with Crippen molar-refractivity contribution in [3.05, 3.63) is 0 Å². The molecule has 0 aliphatic rings. The normalized spacial score (nSPS) is 13.8. The second-order valence-corrected chi connectivity index (χ2v) is 5.63. The zero-order valence-corrected chi connectivity index (χ0v) is 13.8. The largest absolute Gasteiger partial charge is 0.453 e. The van der Waals surface area contributed by atoms with E-state index in [2.05, 4.69) is 30.8 Å². The number of hydrogen-bond acceptors (Lipinski definition) is 3. The SMILES string of the molecule is CCCCCCC(C)(CCCC)OCCNC(=O)OC. The molecule has 1 unspecified atom stereocenters. The van der Waals surface area contributed by atoms with Crippen molar-refractivity contribution in [2.75, 3.05) is 20.3 Å². The Morgan fingerprint density at radius 2 is 1.70 bits per heavy atom. The monoisotopic (exact) mass is 287 g/mol. The Balaban J connectivity index is 4.00. The molecule has 4 heteroatoms. The number of rotatable bonds is 12. The van der Waals surface area contributed by atoms with Crippen LogP contribution in [0.15, 0.2) is 0 Å². The highest BCUT2D eigenvalue weighted by molar-refractivity contribution is 5.66. The van der Waals surface area contributed by atoms with E-state index in [0.717, 1.165) is 12.8 Å². The lowest BCUT2D eigenvalue weighted by atomic mass is 9.92. The summed E-state index contributed by atoms with van der Waals surface area (Å²) in [6, 6.07) is 0. The van der Waals surface area contributed by atoms with Crippen LogP contribution in [0.5, 0.6) is 0 Å². The molecular formula is C16H33NO3. The molecule has 0 saturated heterocycles. The number of carbonyl (C=O) groups is 1. The second-order valence-electron chi connectivity index (χ2n) is 5.63. The molecule has 4 nitrogen and oxygen atoms in total. The molecular weight excluding hydrogens is 254 g/mol. The zero-order chi connectivity index (χ0) is 15.3. The van der Waals surface area contributed by atoms with E-state index in [1.54, 1.807) is 0 Å². The number of nitrogens with one attached hydrogen (secondary N) is 1. The number of amides is 1. The highest BCUT2D eigenvalue weighted by Crippen LogP contribution is 2.25. The van der Waals surface area contributed by atoms with Gasteiger partial charge in [0.15, 0.2) is 0 Å². The summed E-state index contributed by atoms with van der Waals surface area (Å²) in [4.78, 5) is 11.0. The number of methoxy groups -OCH3 is 1. The van der Waals surface area contributed by atoms with Crippen LogP contribution < -0.4 is 5.32 Å². The van der Waals surface area contributed by atoms with Gasteiger partial charge in [-0.05, 0) is 19.8 Å². The van der Waals surface area contributed by atoms with Crippen LogP contribution in [0.3, 0.4) is 0 Å². The van der Waals surface area contributed by atoms with Crippen LogP contribution in [0.1, 0.15) is 72.1 Å². The first-order chi connectivity index (χ1) is 9.58. The number of ether oxygens (including phenoxy) is 2. The summed E-state index contributed by atoms with van der Waals surface area (Å²) in [5.41, 5.74) is -0.0540. The van der Waals surface area contributed by atoms with Gasteiger partial charge in [-0.15, -0.1) is 0 Å². The number of alkyl carbamates (subject to hydrolysis) is 1. The molecule has 0 bridgehead atoms. The van der Waals surface area contributed by atoms with Gasteiger partial charge < -0.3 is 14.8 Å². The molecule has 0 fully saturated rings. The van der Waals surface area contributed by atoms with Crippen LogP contribution >= 0.6 is 0 Å². The van der Waals surface area contributed by atoms with Crippen molar-refractivity contribution in [2.45, 2.75) is 77.7 Å². The first kappa shape index (κ1) is 19.2. The fraction of sp³-hybridized carbons (Fsp3) is 0.938. The van der Waals surface area contributed by atoms with Crippen molar-refractivity contribution in [2.24, 2.45) is 0 Å². The lowest BCUT2D eigenvalue weighted by molar-refractivity contribution is -0.0445. The predicted molar refractivity (Wildman–Crippen MR) is 83.0 cm³/mol. The molecule has 1 amide bonds. The van der Waals surface area contributed by atoms with Crippen LogP contribution in [0.4, 0.5) is 4.79 Å². The standard InChI is InChI=1S/C16H33NO3/c1-5-7-9-10-12-16(3,11-8-6-2)20-14-13-17-15(18)19-4/h5-14H2,1-4H3,(H,17,18). The molecule has 0 saturated carbocycles. The van der Waals surface area contributed by atoms with E-state index in [4.69, 9.17) is 4.74 Å². The molecule has 0 heterocycles. The summed E-state index contributed by atoms with van der Waals surface area (Å²) >= 11 is 0. The van der Waals surface area contributed by atoms with Gasteiger partial charge >= 0.3 is 6.09 Å². The molecule has 0 rings (SSSR count). The van der Waals surface area contributed by atoms with E-state index < -0.39 is 6.09 Å². The maximum Gasteiger partial charge on any atom is 0.406 e. The maximum atomic E-state index is 11.0. The van der Waals surface area contributed by atoms with Gasteiger partial charge in [-0.2, -0.15) is 0 Å². The molecule has 1 N–H and O–H groups in total. The Labute approximate surface area is 124 Å². The van der Waals surface area contributed by atoms with Gasteiger partial charge in [0.2, 0.25) is 0 Å². The van der Waals surface area contributed by atoms with Gasteiger partial charge in [-0.25, -0.2) is 4.79 Å². The highest BCUT2D eigenvalue weighted by atomic mass is 16.5. The van der Waals surface area contributed by atoms with Crippen molar-refractivity contribution < 1.29 is 14.3 Å². The van der Waals surface area contributed by atoms with Gasteiger partial charge in [0, 0.05) is 6.54 Å². The van der Waals surface area contributed by atoms with Gasteiger partial charge in [0.1, 0.15) is 0 Å². The summed E-state index contributed by atoms with van der Waals surface area (Å²) in [6.07, 6.45) is 9.23. The summed E-state index contributed by atoms with van der Waals surface area (Å²) in [6.45, 7) is 7.68. The van der Waals surface area contributed by atoms with Gasteiger partial charge in [-0.1, -0.05) is 52.4 Å². The summed E-state index contributed by atoms with van der Waals surface area (Å²) < 4.78 is 10.6. The molecule has 1 atom stereocenters. The van der Waals surface area contributed by atoms with Crippen molar-refractivity contribution >= 4 is 6.09 Å². The van der Waals surface area contributed by atoms with Crippen LogP contribution in [0.25, 0.3) is 0 Å². The molecule has 20 heavy (non-hydrogen) atoms. The first-order valence-electron chi connectivity index (χ1n) is 8.03. The van der Waals surface area contributed by atoms with E-state index in [9.17, 15) is 4.79 Å². The minimum atomic E-state index is -0.396. The molecule has 0 aliphatic heterocycles. The Hall–Kier alpha value is -0.770. The topological polar surface area (TPSA) is 47.6 Å². The van der Waals surface area contributed by atoms with Crippen LogP contribution in [0.2, 0.25) is 0 Å². The fourth-order valence-electron chi connectivity index (χ4n) is 2.27. The minimum absolute atomic E-state index is 0.0540. The Morgan fingerprint density at radius 3 is 2.30 bits per heavy atom. The maximum absolute atomic E-state index is 11.0. The first-order valence-corrected chi connectivity index (χ1v) is 8.03. The second kappa shape index (κ2) is 12.0. The van der Waals surface area contributed by atoms with E-state index in [1.807, 2.05) is 0 Å². The third-order valence-corrected chi connectivity index (χ3v) is 3.63. The average Bonchev–Trinajstić information content (AvgIpc) is 2.46. The Kier molecular flexibility index (Phi) is 11.5. The molecule has 120 valence electrons. The summed E-state index contributed by atoms with van der Waals surface area (Å²) in [7, 11) is 1.37. The number of hydrogen-bond donors (Lipinski definition) is 1. The van der Waals surface area contributed by atoms with E-state index >= 15 is 0 Å². The number of carbonyl (C=O) groups excluding carboxylic acids is 1. The van der Waals surface area contributed by atoms with Crippen molar-refractivity contribution in [3.63, 3.8) is 0 Å². The third kappa shape index (κ3) is 10.1. The van der Waals surface area contributed by atoms with E-state index in [-0.39, 0.29) is 5.60 Å². The van der Waals surface area contributed by atoms with E-state index in [0.29, 0.717) is 13.2 Å². The van der Waals surface area contributed by atoms with Crippen molar-refractivity contribution in [3.8, 4) is 0 Å². The van der Waals surface area contributed by atoms with Gasteiger partial charge in [0.25, 0.3) is 0 Å².